The summed E-state index contributed by atoms with van der Waals surface area (Å²) >= 11 is 0. The molecule has 0 spiro atoms. The Morgan fingerprint density at radius 2 is 2.25 bits per heavy atom. The lowest BCUT2D eigenvalue weighted by atomic mass is 10.2. The van der Waals surface area contributed by atoms with E-state index in [1.165, 1.54) is 0 Å². The first kappa shape index (κ1) is 12.8. The van der Waals surface area contributed by atoms with Gasteiger partial charge >= 0.3 is 0 Å². The van der Waals surface area contributed by atoms with Crippen LogP contribution in [-0.4, -0.2) is 24.1 Å². The summed E-state index contributed by atoms with van der Waals surface area (Å²) in [4.78, 5) is 11.3. The van der Waals surface area contributed by atoms with Crippen molar-refractivity contribution in [2.45, 2.75) is 26.9 Å². The fourth-order valence-corrected chi connectivity index (χ4v) is 1.49. The van der Waals surface area contributed by atoms with E-state index < -0.39 is 0 Å². The number of aromatic nitrogens is 1. The van der Waals surface area contributed by atoms with Gasteiger partial charge < -0.3 is 15.2 Å². The van der Waals surface area contributed by atoms with Gasteiger partial charge in [-0.15, -0.1) is 0 Å². The van der Waals surface area contributed by atoms with Crippen molar-refractivity contribution in [1.82, 2.24) is 15.2 Å². The molecule has 0 aliphatic carbocycles. The molecule has 0 aliphatic rings. The van der Waals surface area contributed by atoms with Crippen molar-refractivity contribution < 1.29 is 4.79 Å². The molecule has 0 radical (unpaired) electrons. The van der Waals surface area contributed by atoms with Crippen molar-refractivity contribution in [1.29, 1.82) is 0 Å². The molecule has 4 heteroatoms. The van der Waals surface area contributed by atoms with Gasteiger partial charge in [-0.1, -0.05) is 13.8 Å². The van der Waals surface area contributed by atoms with Gasteiger partial charge in [-0.3, -0.25) is 4.79 Å². The van der Waals surface area contributed by atoms with Crippen LogP contribution in [-0.2, 0) is 17.9 Å². The highest BCUT2D eigenvalue weighted by Gasteiger charge is 2.04. The van der Waals surface area contributed by atoms with Gasteiger partial charge in [0.05, 0.1) is 0 Å². The van der Waals surface area contributed by atoms with Crippen molar-refractivity contribution in [2.24, 2.45) is 5.92 Å². The maximum Gasteiger partial charge on any atom is 0.239 e. The summed E-state index contributed by atoms with van der Waals surface area (Å²) in [6, 6.07) is 4.01. The fourth-order valence-electron chi connectivity index (χ4n) is 1.49. The number of nitrogens with zero attached hydrogens (tertiary/aromatic N) is 1. The number of hydrogen-bond donors (Lipinski definition) is 2. The Hall–Kier alpha value is -1.29. The van der Waals surface area contributed by atoms with Crippen LogP contribution in [0.15, 0.2) is 18.3 Å². The quantitative estimate of drug-likeness (QED) is 0.755. The van der Waals surface area contributed by atoms with Gasteiger partial charge in [-0.2, -0.15) is 0 Å². The summed E-state index contributed by atoms with van der Waals surface area (Å²) in [6.45, 7) is 6.54. The lowest BCUT2D eigenvalue weighted by Crippen LogP contribution is -2.26. The maximum atomic E-state index is 11.3. The molecule has 0 bridgehead atoms. The maximum absolute atomic E-state index is 11.3. The summed E-state index contributed by atoms with van der Waals surface area (Å²) < 4.78 is 1.96. The molecule has 16 heavy (non-hydrogen) atoms. The lowest BCUT2D eigenvalue weighted by molar-refractivity contribution is -0.121. The van der Waals surface area contributed by atoms with E-state index in [1.807, 2.05) is 22.9 Å². The monoisotopic (exact) mass is 223 g/mol. The molecule has 0 atom stereocenters. The summed E-state index contributed by atoms with van der Waals surface area (Å²) in [5.41, 5.74) is 1.14. The lowest BCUT2D eigenvalue weighted by Gasteiger charge is -2.10. The standard InChI is InChI=1S/C12H21N3O/c1-10(2)7-14-8-11-5-4-6-15(11)9-12(16)13-3/h4-6,10,14H,7-9H2,1-3H3,(H,13,16). The van der Waals surface area contributed by atoms with E-state index in [0.29, 0.717) is 12.5 Å². The van der Waals surface area contributed by atoms with E-state index in [2.05, 4.69) is 24.5 Å². The molecule has 4 nitrogen and oxygen atoms in total. The number of hydrogen-bond acceptors (Lipinski definition) is 2. The number of amides is 1. The molecule has 1 heterocycles. The zero-order valence-electron chi connectivity index (χ0n) is 10.3. The molecule has 1 aromatic rings. The first-order valence-corrected chi connectivity index (χ1v) is 5.68. The second kappa shape index (κ2) is 6.33. The van der Waals surface area contributed by atoms with Gasteiger partial charge in [0.25, 0.3) is 0 Å². The normalized spacial score (nSPS) is 10.8. The van der Waals surface area contributed by atoms with E-state index in [0.717, 1.165) is 18.8 Å². The van der Waals surface area contributed by atoms with Crippen LogP contribution in [0.1, 0.15) is 19.5 Å². The van der Waals surface area contributed by atoms with Crippen LogP contribution >= 0.6 is 0 Å². The number of likely N-dealkylation sites (N-methyl/N-ethyl adjacent to an activating group) is 1. The minimum atomic E-state index is 0.0290. The van der Waals surface area contributed by atoms with Crippen LogP contribution < -0.4 is 10.6 Å². The molecule has 0 unspecified atom stereocenters. The predicted molar refractivity (Wildman–Crippen MR) is 65.0 cm³/mol. The first-order valence-electron chi connectivity index (χ1n) is 5.68. The third-order valence-corrected chi connectivity index (χ3v) is 2.38. The molecule has 0 fully saturated rings. The Morgan fingerprint density at radius 1 is 1.50 bits per heavy atom. The highest BCUT2D eigenvalue weighted by molar-refractivity contribution is 5.75. The number of nitrogens with one attached hydrogen (secondary N) is 2. The molecule has 2 N–H and O–H groups in total. The minimum Gasteiger partial charge on any atom is -0.358 e. The van der Waals surface area contributed by atoms with Crippen molar-refractivity contribution in [2.75, 3.05) is 13.6 Å². The molecule has 0 saturated carbocycles. The molecule has 1 aromatic heterocycles. The van der Waals surface area contributed by atoms with Gasteiger partial charge in [0, 0.05) is 25.5 Å². The van der Waals surface area contributed by atoms with E-state index in [1.54, 1.807) is 7.05 Å². The Bertz CT molecular complexity index is 331. The number of rotatable bonds is 6. The first-order chi connectivity index (χ1) is 7.63. The zero-order valence-corrected chi connectivity index (χ0v) is 10.3. The SMILES string of the molecule is CNC(=O)Cn1cccc1CNCC(C)C. The molecule has 1 amide bonds. The van der Waals surface area contributed by atoms with E-state index in [4.69, 9.17) is 0 Å². The molecule has 90 valence electrons. The Kier molecular flexibility index (Phi) is 5.05. The molecule has 1 rings (SSSR count). The number of carbonyl (C=O) groups excluding carboxylic acids is 1. The number of carbonyl (C=O) groups is 1. The van der Waals surface area contributed by atoms with Crippen LogP contribution in [0.2, 0.25) is 0 Å². The van der Waals surface area contributed by atoms with Gasteiger partial charge in [0.15, 0.2) is 0 Å². The molecule has 0 aromatic carbocycles. The second-order valence-electron chi connectivity index (χ2n) is 4.33. The molecule has 0 aliphatic heterocycles. The van der Waals surface area contributed by atoms with Crippen molar-refractivity contribution in [3.8, 4) is 0 Å². The topological polar surface area (TPSA) is 46.1 Å². The van der Waals surface area contributed by atoms with Crippen molar-refractivity contribution >= 4 is 5.91 Å². The molecular formula is C12H21N3O. The van der Waals surface area contributed by atoms with Crippen LogP contribution in [0, 0.1) is 5.92 Å². The van der Waals surface area contributed by atoms with Crippen molar-refractivity contribution in [3.05, 3.63) is 24.0 Å². The van der Waals surface area contributed by atoms with Crippen molar-refractivity contribution in [3.63, 3.8) is 0 Å². The average molecular weight is 223 g/mol. The van der Waals surface area contributed by atoms with Crippen LogP contribution in [0.25, 0.3) is 0 Å². The van der Waals surface area contributed by atoms with Gasteiger partial charge in [-0.05, 0) is 24.6 Å². The molecule has 0 saturated heterocycles. The highest BCUT2D eigenvalue weighted by Crippen LogP contribution is 2.02. The average Bonchev–Trinajstić information content (AvgIpc) is 2.65. The largest absolute Gasteiger partial charge is 0.358 e. The third kappa shape index (κ3) is 4.06. The van der Waals surface area contributed by atoms with E-state index in [9.17, 15) is 4.79 Å². The van der Waals surface area contributed by atoms with Gasteiger partial charge in [0.1, 0.15) is 6.54 Å². The zero-order chi connectivity index (χ0) is 12.0. The van der Waals surface area contributed by atoms with Gasteiger partial charge in [0.2, 0.25) is 5.91 Å². The Balaban J connectivity index is 2.47. The van der Waals surface area contributed by atoms with E-state index in [-0.39, 0.29) is 5.91 Å². The predicted octanol–water partition coefficient (Wildman–Crippen LogP) is 0.980. The summed E-state index contributed by atoms with van der Waals surface area (Å²) in [5.74, 6) is 0.670. The summed E-state index contributed by atoms with van der Waals surface area (Å²) in [6.07, 6.45) is 1.93. The Morgan fingerprint density at radius 3 is 2.88 bits per heavy atom. The van der Waals surface area contributed by atoms with Crippen LogP contribution in [0.3, 0.4) is 0 Å². The van der Waals surface area contributed by atoms with Gasteiger partial charge in [-0.25, -0.2) is 0 Å². The summed E-state index contributed by atoms with van der Waals surface area (Å²) in [5, 5.41) is 5.99. The third-order valence-electron chi connectivity index (χ3n) is 2.38. The van der Waals surface area contributed by atoms with E-state index >= 15 is 0 Å². The van der Waals surface area contributed by atoms with Crippen LogP contribution in [0.5, 0.6) is 0 Å². The minimum absolute atomic E-state index is 0.0290. The molecular weight excluding hydrogens is 202 g/mol. The fraction of sp³-hybridized carbons (Fsp3) is 0.583. The highest BCUT2D eigenvalue weighted by atomic mass is 16.1. The summed E-state index contributed by atoms with van der Waals surface area (Å²) in [7, 11) is 1.66. The Labute approximate surface area is 97.0 Å². The van der Waals surface area contributed by atoms with Crippen LogP contribution in [0.4, 0.5) is 0 Å². The smallest absolute Gasteiger partial charge is 0.239 e. The second-order valence-corrected chi connectivity index (χ2v) is 4.33.